The van der Waals surface area contributed by atoms with Crippen molar-refractivity contribution in [2.45, 2.75) is 31.3 Å². The van der Waals surface area contributed by atoms with Gasteiger partial charge < -0.3 is 9.47 Å². The van der Waals surface area contributed by atoms with Crippen molar-refractivity contribution in [1.82, 2.24) is 0 Å². The third-order valence-corrected chi connectivity index (χ3v) is 5.53. The molecule has 3 rings (SSSR count). The van der Waals surface area contributed by atoms with Crippen LogP contribution in [0.3, 0.4) is 0 Å². The fraction of sp³-hybridized carbons (Fsp3) is 0.227. The van der Waals surface area contributed by atoms with Crippen molar-refractivity contribution in [3.63, 3.8) is 0 Å². The molecular weight excluding hydrogens is 390 g/mol. The Bertz CT molecular complexity index is 1150. The van der Waals surface area contributed by atoms with E-state index in [0.717, 1.165) is 5.39 Å². The van der Waals surface area contributed by atoms with Crippen LogP contribution in [-0.2, 0) is 14.8 Å². The predicted octanol–water partition coefficient (Wildman–Crippen LogP) is 4.60. The third-order valence-electron chi connectivity index (χ3n) is 4.15. The Kier molecular flexibility index (Phi) is 5.53. The third kappa shape index (κ3) is 4.68. The maximum Gasteiger partial charge on any atom is 0.341 e. The van der Waals surface area contributed by atoms with Crippen LogP contribution in [0, 0.1) is 0 Å². The van der Waals surface area contributed by atoms with Crippen molar-refractivity contribution < 1.29 is 22.7 Å². The normalized spacial score (nSPS) is 11.9. The van der Waals surface area contributed by atoms with E-state index in [2.05, 4.69) is 4.72 Å². The van der Waals surface area contributed by atoms with E-state index < -0.39 is 21.6 Å². The lowest BCUT2D eigenvalue weighted by molar-refractivity contribution is 0.00731. The van der Waals surface area contributed by atoms with E-state index in [1.807, 2.05) is 12.1 Å². The second kappa shape index (κ2) is 7.75. The first-order valence-corrected chi connectivity index (χ1v) is 10.5. The van der Waals surface area contributed by atoms with Crippen molar-refractivity contribution >= 4 is 32.5 Å². The van der Waals surface area contributed by atoms with E-state index in [1.54, 1.807) is 57.2 Å². The average Bonchev–Trinajstić information content (AvgIpc) is 2.66. The topological polar surface area (TPSA) is 81.7 Å². The summed E-state index contributed by atoms with van der Waals surface area (Å²) in [6.45, 7) is 5.28. The van der Waals surface area contributed by atoms with Gasteiger partial charge >= 0.3 is 5.97 Å². The number of hydrogen-bond donors (Lipinski definition) is 1. The van der Waals surface area contributed by atoms with Gasteiger partial charge in [0.2, 0.25) is 0 Å². The zero-order valence-electron chi connectivity index (χ0n) is 16.7. The lowest BCUT2D eigenvalue weighted by atomic mass is 10.0. The summed E-state index contributed by atoms with van der Waals surface area (Å²) in [5.74, 6) is -0.0502. The first-order chi connectivity index (χ1) is 13.6. The molecule has 7 heteroatoms. The molecule has 0 aromatic heterocycles. The van der Waals surface area contributed by atoms with Crippen LogP contribution in [0.5, 0.6) is 5.75 Å². The lowest BCUT2D eigenvalue weighted by Crippen LogP contribution is -2.25. The number of sulfonamides is 1. The lowest BCUT2D eigenvalue weighted by Gasteiger charge is -2.22. The summed E-state index contributed by atoms with van der Waals surface area (Å²) in [5, 5.41) is 1.41. The second-order valence-corrected chi connectivity index (χ2v) is 9.17. The van der Waals surface area contributed by atoms with Gasteiger partial charge in [-0.1, -0.05) is 30.3 Å². The number of esters is 1. The molecule has 0 heterocycles. The fourth-order valence-corrected chi connectivity index (χ4v) is 3.94. The number of methoxy groups -OCH3 is 1. The van der Waals surface area contributed by atoms with E-state index in [1.165, 1.54) is 19.2 Å². The molecule has 0 aliphatic carbocycles. The first kappa shape index (κ1) is 20.7. The molecular formula is C22H23NO5S. The van der Waals surface area contributed by atoms with Crippen LogP contribution in [0.15, 0.2) is 65.6 Å². The summed E-state index contributed by atoms with van der Waals surface area (Å²) in [6, 6.07) is 16.6. The van der Waals surface area contributed by atoms with E-state index in [0.29, 0.717) is 11.1 Å². The minimum Gasteiger partial charge on any atom is -0.497 e. The maximum atomic E-state index is 12.9. The molecule has 0 aliphatic heterocycles. The van der Waals surface area contributed by atoms with Crippen LogP contribution in [0.2, 0.25) is 0 Å². The largest absolute Gasteiger partial charge is 0.497 e. The average molecular weight is 413 g/mol. The van der Waals surface area contributed by atoms with Gasteiger partial charge in [-0.3, -0.25) is 4.72 Å². The van der Waals surface area contributed by atoms with Crippen molar-refractivity contribution in [3.8, 4) is 5.75 Å². The monoisotopic (exact) mass is 413 g/mol. The molecule has 6 nitrogen and oxygen atoms in total. The van der Waals surface area contributed by atoms with Gasteiger partial charge in [0, 0.05) is 0 Å². The molecule has 3 aromatic carbocycles. The molecule has 29 heavy (non-hydrogen) atoms. The second-order valence-electron chi connectivity index (χ2n) is 7.49. The number of carbonyl (C=O) groups excluding carboxylic acids is 1. The van der Waals surface area contributed by atoms with E-state index in [-0.39, 0.29) is 16.1 Å². The van der Waals surface area contributed by atoms with Crippen LogP contribution in [0.1, 0.15) is 31.1 Å². The van der Waals surface area contributed by atoms with Crippen LogP contribution in [0.4, 0.5) is 5.69 Å². The van der Waals surface area contributed by atoms with Gasteiger partial charge in [-0.15, -0.1) is 0 Å². The van der Waals surface area contributed by atoms with Gasteiger partial charge in [0.05, 0.1) is 23.3 Å². The molecule has 0 aliphatic rings. The van der Waals surface area contributed by atoms with Gasteiger partial charge in [-0.25, -0.2) is 13.2 Å². The highest BCUT2D eigenvalue weighted by Gasteiger charge is 2.25. The number of nitrogens with one attached hydrogen (secondary N) is 1. The Balaban J connectivity index is 2.08. The number of rotatable bonds is 5. The molecule has 0 spiro atoms. The van der Waals surface area contributed by atoms with Crippen molar-refractivity contribution in [3.05, 3.63) is 66.2 Å². The van der Waals surface area contributed by atoms with Crippen LogP contribution < -0.4 is 9.46 Å². The number of anilines is 1. The molecule has 0 saturated heterocycles. The molecule has 0 fully saturated rings. The zero-order chi connectivity index (χ0) is 21.2. The zero-order valence-corrected chi connectivity index (χ0v) is 17.5. The molecule has 3 aromatic rings. The van der Waals surface area contributed by atoms with Gasteiger partial charge in [-0.2, -0.15) is 0 Å². The van der Waals surface area contributed by atoms with E-state index in [4.69, 9.17) is 9.47 Å². The van der Waals surface area contributed by atoms with Crippen molar-refractivity contribution in [2.24, 2.45) is 0 Å². The number of carbonyl (C=O) groups is 1. The predicted molar refractivity (Wildman–Crippen MR) is 113 cm³/mol. The fourth-order valence-electron chi connectivity index (χ4n) is 2.86. The molecule has 0 radical (unpaired) electrons. The highest BCUT2D eigenvalue weighted by atomic mass is 32.2. The number of benzene rings is 3. The summed E-state index contributed by atoms with van der Waals surface area (Å²) in [7, 11) is -2.42. The summed E-state index contributed by atoms with van der Waals surface area (Å²) in [5.41, 5.74) is -0.385. The molecule has 0 atom stereocenters. The number of ether oxygens (including phenoxy) is 2. The quantitative estimate of drug-likeness (QED) is 0.618. The highest BCUT2D eigenvalue weighted by molar-refractivity contribution is 7.92. The minimum absolute atomic E-state index is 0.0570. The van der Waals surface area contributed by atoms with Crippen molar-refractivity contribution in [2.75, 3.05) is 11.8 Å². The summed E-state index contributed by atoms with van der Waals surface area (Å²) < 4.78 is 38.9. The van der Waals surface area contributed by atoms with Crippen LogP contribution in [-0.4, -0.2) is 27.1 Å². The standard InChI is InChI=1S/C22H23NO5S/c1-22(2,3)28-21(24)20-18-8-6-5-7-15(18)9-14-19(20)23-29(25,26)17-12-10-16(27-4)11-13-17/h5-14,23H,1-4H3. The summed E-state index contributed by atoms with van der Waals surface area (Å²) >= 11 is 0. The summed E-state index contributed by atoms with van der Waals surface area (Å²) in [6.07, 6.45) is 0. The molecule has 152 valence electrons. The van der Waals surface area contributed by atoms with Gasteiger partial charge in [0.1, 0.15) is 11.4 Å². The minimum atomic E-state index is -3.92. The Morgan fingerprint density at radius 3 is 2.21 bits per heavy atom. The molecule has 1 N–H and O–H groups in total. The molecule has 0 unspecified atom stereocenters. The number of hydrogen-bond acceptors (Lipinski definition) is 5. The summed E-state index contributed by atoms with van der Waals surface area (Å²) in [4.78, 5) is 13.0. The van der Waals surface area contributed by atoms with E-state index in [9.17, 15) is 13.2 Å². The smallest absolute Gasteiger partial charge is 0.341 e. The first-order valence-electron chi connectivity index (χ1n) is 9.03. The number of fused-ring (bicyclic) bond motifs is 1. The highest BCUT2D eigenvalue weighted by Crippen LogP contribution is 2.30. The maximum absolute atomic E-state index is 12.9. The molecule has 0 bridgehead atoms. The van der Waals surface area contributed by atoms with Gasteiger partial charge in [0.15, 0.2) is 0 Å². The Morgan fingerprint density at radius 2 is 1.59 bits per heavy atom. The Hall–Kier alpha value is -3.06. The van der Waals surface area contributed by atoms with Gasteiger partial charge in [0.25, 0.3) is 10.0 Å². The van der Waals surface area contributed by atoms with Crippen molar-refractivity contribution in [1.29, 1.82) is 0 Å². The Labute approximate surface area is 170 Å². The van der Waals surface area contributed by atoms with Crippen LogP contribution >= 0.6 is 0 Å². The molecule has 0 amide bonds. The van der Waals surface area contributed by atoms with E-state index >= 15 is 0 Å². The Morgan fingerprint density at radius 1 is 0.931 bits per heavy atom. The van der Waals surface area contributed by atoms with Gasteiger partial charge in [-0.05, 0) is 61.9 Å². The van der Waals surface area contributed by atoms with Crippen LogP contribution in [0.25, 0.3) is 10.8 Å². The SMILES string of the molecule is COc1ccc(S(=O)(=O)Nc2ccc3ccccc3c2C(=O)OC(C)(C)C)cc1. The molecule has 0 saturated carbocycles.